The highest BCUT2D eigenvalue weighted by Crippen LogP contribution is 2.27. The molecule has 136 valence electrons. The number of fused-ring (bicyclic) bond motifs is 1. The van der Waals surface area contributed by atoms with Crippen molar-refractivity contribution in [2.24, 2.45) is 10.7 Å². The first-order chi connectivity index (χ1) is 11.9. The van der Waals surface area contributed by atoms with Crippen LogP contribution in [0.2, 0.25) is 0 Å². The summed E-state index contributed by atoms with van der Waals surface area (Å²) in [5.74, 6) is 0.551. The second-order valence-electron chi connectivity index (χ2n) is 6.44. The van der Waals surface area contributed by atoms with Gasteiger partial charge in [-0.1, -0.05) is 6.07 Å². The Kier molecular flexibility index (Phi) is 6.41. The summed E-state index contributed by atoms with van der Waals surface area (Å²) in [6, 6.07) is 7.44. The Labute approximate surface area is 148 Å². The Bertz CT molecular complexity index is 749. The number of nitrogens with two attached hydrogens (primary N) is 1. The van der Waals surface area contributed by atoms with Crippen LogP contribution in [0.3, 0.4) is 0 Å². The van der Waals surface area contributed by atoms with Gasteiger partial charge in [0.05, 0.1) is 6.10 Å². The Hall–Kier alpha value is -2.54. The first kappa shape index (κ1) is 18.8. The van der Waals surface area contributed by atoms with Crippen molar-refractivity contribution in [3.8, 4) is 5.75 Å². The molecule has 7 nitrogen and oxygen atoms in total. The van der Waals surface area contributed by atoms with E-state index >= 15 is 0 Å². The van der Waals surface area contributed by atoms with Crippen LogP contribution in [0.5, 0.6) is 5.75 Å². The molecular weight excluding hydrogens is 318 g/mol. The van der Waals surface area contributed by atoms with E-state index in [1.807, 2.05) is 46.1 Å². The fraction of sp³-hybridized carbons (Fsp3) is 0.444. The normalized spacial score (nSPS) is 12.2. The standard InChI is InChI=1S/C18H27N5O2/c1-12(2)25-16-8-5-7-14-13(16)11-15(21-14)17(24)22-18(19)20-9-6-10-23(3)4/h5,7-8,11-12,21H,6,9-10H2,1-4H3,(H3,19,20,22,24). The summed E-state index contributed by atoms with van der Waals surface area (Å²) in [6.45, 7) is 5.42. The first-order valence-electron chi connectivity index (χ1n) is 8.41. The van der Waals surface area contributed by atoms with Gasteiger partial charge in [0, 0.05) is 17.4 Å². The molecule has 0 bridgehead atoms. The summed E-state index contributed by atoms with van der Waals surface area (Å²) in [5.41, 5.74) is 7.04. The van der Waals surface area contributed by atoms with E-state index in [2.05, 4.69) is 20.2 Å². The Morgan fingerprint density at radius 2 is 2.16 bits per heavy atom. The summed E-state index contributed by atoms with van der Waals surface area (Å²) < 4.78 is 5.78. The number of hydrogen-bond donors (Lipinski definition) is 3. The monoisotopic (exact) mass is 345 g/mol. The van der Waals surface area contributed by atoms with Crippen molar-refractivity contribution in [3.05, 3.63) is 30.0 Å². The highest BCUT2D eigenvalue weighted by Gasteiger charge is 2.13. The highest BCUT2D eigenvalue weighted by atomic mass is 16.5. The lowest BCUT2D eigenvalue weighted by molar-refractivity contribution is 0.0972. The van der Waals surface area contributed by atoms with E-state index in [1.54, 1.807) is 6.07 Å². The van der Waals surface area contributed by atoms with Crippen LogP contribution in [0.15, 0.2) is 29.3 Å². The number of amides is 1. The molecular formula is C18H27N5O2. The first-order valence-corrected chi connectivity index (χ1v) is 8.41. The van der Waals surface area contributed by atoms with Gasteiger partial charge in [-0.3, -0.25) is 15.1 Å². The summed E-state index contributed by atoms with van der Waals surface area (Å²) in [4.78, 5) is 21.7. The average Bonchev–Trinajstić information content (AvgIpc) is 2.96. The fourth-order valence-corrected chi connectivity index (χ4v) is 2.42. The van der Waals surface area contributed by atoms with Gasteiger partial charge in [-0.15, -0.1) is 0 Å². The number of nitrogens with zero attached hydrogens (tertiary/aromatic N) is 2. The minimum Gasteiger partial charge on any atom is -0.490 e. The molecule has 0 saturated carbocycles. The number of carbonyl (C=O) groups excluding carboxylic acids is 1. The summed E-state index contributed by atoms with van der Waals surface area (Å²) in [6.07, 6.45) is 0.939. The highest BCUT2D eigenvalue weighted by molar-refractivity contribution is 6.07. The molecule has 0 fully saturated rings. The second kappa shape index (κ2) is 8.53. The van der Waals surface area contributed by atoms with E-state index in [0.717, 1.165) is 29.6 Å². The number of guanidine groups is 1. The molecule has 2 aromatic rings. The lowest BCUT2D eigenvalue weighted by atomic mass is 10.2. The zero-order valence-corrected chi connectivity index (χ0v) is 15.3. The van der Waals surface area contributed by atoms with Crippen molar-refractivity contribution in [2.45, 2.75) is 26.4 Å². The van der Waals surface area contributed by atoms with E-state index < -0.39 is 0 Å². The van der Waals surface area contributed by atoms with Crippen molar-refractivity contribution < 1.29 is 9.53 Å². The topological polar surface area (TPSA) is 95.7 Å². The molecule has 0 saturated heterocycles. The number of aliphatic imine (C=N–C) groups is 1. The minimum atomic E-state index is -0.319. The molecule has 0 spiro atoms. The molecule has 0 aliphatic carbocycles. The van der Waals surface area contributed by atoms with Gasteiger partial charge in [0.1, 0.15) is 11.4 Å². The number of benzene rings is 1. The maximum Gasteiger partial charge on any atom is 0.274 e. The lowest BCUT2D eigenvalue weighted by Crippen LogP contribution is -2.37. The molecule has 0 radical (unpaired) electrons. The number of ether oxygens (including phenoxy) is 1. The Balaban J connectivity index is 2.05. The lowest BCUT2D eigenvalue weighted by Gasteiger charge is -2.10. The maximum atomic E-state index is 12.3. The number of nitrogens with one attached hydrogen (secondary N) is 2. The largest absolute Gasteiger partial charge is 0.490 e. The van der Waals surface area contributed by atoms with Gasteiger partial charge in [0.25, 0.3) is 5.91 Å². The third kappa shape index (κ3) is 5.49. The van der Waals surface area contributed by atoms with Crippen molar-refractivity contribution in [2.75, 3.05) is 27.2 Å². The van der Waals surface area contributed by atoms with Gasteiger partial charge in [-0.05, 0) is 59.1 Å². The third-order valence-corrected chi connectivity index (χ3v) is 3.52. The Morgan fingerprint density at radius 3 is 2.84 bits per heavy atom. The molecule has 1 heterocycles. The van der Waals surface area contributed by atoms with Crippen molar-refractivity contribution in [1.29, 1.82) is 0 Å². The maximum absolute atomic E-state index is 12.3. The van der Waals surface area contributed by atoms with Gasteiger partial charge in [0.2, 0.25) is 0 Å². The van der Waals surface area contributed by atoms with Gasteiger partial charge in [-0.2, -0.15) is 0 Å². The predicted octanol–water partition coefficient (Wildman–Crippen LogP) is 1.95. The van der Waals surface area contributed by atoms with Crippen molar-refractivity contribution in [1.82, 2.24) is 15.2 Å². The quantitative estimate of drug-likeness (QED) is 0.406. The molecule has 0 aliphatic heterocycles. The van der Waals surface area contributed by atoms with E-state index in [1.165, 1.54) is 0 Å². The SMILES string of the molecule is CC(C)Oc1cccc2[nH]c(C(=O)NC(N)=NCCCN(C)C)cc12. The fourth-order valence-electron chi connectivity index (χ4n) is 2.42. The zero-order chi connectivity index (χ0) is 18.4. The van der Waals surface area contributed by atoms with Crippen molar-refractivity contribution >= 4 is 22.8 Å². The van der Waals surface area contributed by atoms with Gasteiger partial charge in [-0.25, -0.2) is 0 Å². The minimum absolute atomic E-state index is 0.0581. The summed E-state index contributed by atoms with van der Waals surface area (Å²) >= 11 is 0. The van der Waals surface area contributed by atoms with Crippen LogP contribution in [0.1, 0.15) is 30.8 Å². The molecule has 1 amide bonds. The number of aromatic amines is 1. The van der Waals surface area contributed by atoms with Crippen LogP contribution in [-0.4, -0.2) is 55.0 Å². The second-order valence-corrected chi connectivity index (χ2v) is 6.44. The summed E-state index contributed by atoms with van der Waals surface area (Å²) in [5, 5.41) is 3.47. The van der Waals surface area contributed by atoms with Crippen LogP contribution in [0.25, 0.3) is 10.9 Å². The van der Waals surface area contributed by atoms with Crippen LogP contribution in [0, 0.1) is 0 Å². The summed E-state index contributed by atoms with van der Waals surface area (Å²) in [7, 11) is 4.00. The number of aromatic nitrogens is 1. The molecule has 1 aromatic heterocycles. The Morgan fingerprint density at radius 1 is 1.40 bits per heavy atom. The zero-order valence-electron chi connectivity index (χ0n) is 15.3. The molecule has 4 N–H and O–H groups in total. The van der Waals surface area contributed by atoms with Gasteiger partial charge in [0.15, 0.2) is 5.96 Å². The van der Waals surface area contributed by atoms with E-state index in [9.17, 15) is 4.79 Å². The molecule has 0 unspecified atom stereocenters. The molecule has 7 heteroatoms. The van der Waals surface area contributed by atoms with Gasteiger partial charge < -0.3 is 20.4 Å². The molecule has 1 aromatic carbocycles. The van der Waals surface area contributed by atoms with Crippen LogP contribution in [0.4, 0.5) is 0 Å². The number of carbonyl (C=O) groups is 1. The molecule has 25 heavy (non-hydrogen) atoms. The van der Waals surface area contributed by atoms with Gasteiger partial charge >= 0.3 is 0 Å². The molecule has 2 rings (SSSR count). The smallest absolute Gasteiger partial charge is 0.274 e. The third-order valence-electron chi connectivity index (χ3n) is 3.52. The number of H-pyrrole nitrogens is 1. The van der Waals surface area contributed by atoms with Crippen LogP contribution >= 0.6 is 0 Å². The molecule has 0 atom stereocenters. The molecule has 0 aliphatic rings. The predicted molar refractivity (Wildman–Crippen MR) is 101 cm³/mol. The van der Waals surface area contributed by atoms with Crippen LogP contribution in [-0.2, 0) is 0 Å². The average molecular weight is 345 g/mol. The van der Waals surface area contributed by atoms with Crippen LogP contribution < -0.4 is 15.8 Å². The number of hydrogen-bond acceptors (Lipinski definition) is 4. The number of rotatable bonds is 7. The van der Waals surface area contributed by atoms with Crippen molar-refractivity contribution in [3.63, 3.8) is 0 Å². The van der Waals surface area contributed by atoms with E-state index in [4.69, 9.17) is 10.5 Å². The van der Waals surface area contributed by atoms with E-state index in [-0.39, 0.29) is 18.0 Å². The van der Waals surface area contributed by atoms with E-state index in [0.29, 0.717) is 12.2 Å².